The molecule has 1 rings (SSSR count). The lowest BCUT2D eigenvalue weighted by Crippen LogP contribution is -2.28. The summed E-state index contributed by atoms with van der Waals surface area (Å²) in [6.45, 7) is 5.36. The van der Waals surface area contributed by atoms with Crippen LogP contribution < -0.4 is 16.4 Å². The lowest BCUT2D eigenvalue weighted by atomic mass is 10.2. The molecule has 1 amide bonds. The Hall–Kier alpha value is -1.78. The van der Waals surface area contributed by atoms with E-state index < -0.39 is 0 Å². The van der Waals surface area contributed by atoms with Gasteiger partial charge >= 0.3 is 0 Å². The summed E-state index contributed by atoms with van der Waals surface area (Å²) in [5, 5.41) is 6.09. The van der Waals surface area contributed by atoms with Gasteiger partial charge in [0, 0.05) is 19.0 Å². The van der Waals surface area contributed by atoms with E-state index in [9.17, 15) is 4.79 Å². The molecule has 4 N–H and O–H groups in total. The monoisotopic (exact) mass is 250 g/mol. The number of carbonyl (C=O) groups excluding carboxylic acids is 1. The Morgan fingerprint density at radius 3 is 2.67 bits per heavy atom. The SMILES string of the molecule is CC(C)C(=O)NCCCCNc1ccc(N)cn1. The average Bonchev–Trinajstić information content (AvgIpc) is 2.35. The molecule has 0 spiro atoms. The summed E-state index contributed by atoms with van der Waals surface area (Å²) in [4.78, 5) is 15.4. The van der Waals surface area contributed by atoms with E-state index in [0.29, 0.717) is 5.69 Å². The molecule has 0 aliphatic heterocycles. The zero-order valence-electron chi connectivity index (χ0n) is 11.1. The molecule has 0 aliphatic carbocycles. The molecular formula is C13H22N4O. The Morgan fingerprint density at radius 2 is 2.06 bits per heavy atom. The smallest absolute Gasteiger partial charge is 0.222 e. The number of nitrogens with zero attached hydrogens (tertiary/aromatic N) is 1. The summed E-state index contributed by atoms with van der Waals surface area (Å²) >= 11 is 0. The number of aromatic nitrogens is 1. The molecule has 0 aliphatic rings. The molecule has 100 valence electrons. The van der Waals surface area contributed by atoms with Crippen LogP contribution >= 0.6 is 0 Å². The Morgan fingerprint density at radius 1 is 1.33 bits per heavy atom. The maximum atomic E-state index is 11.3. The minimum absolute atomic E-state index is 0.0575. The van der Waals surface area contributed by atoms with Crippen molar-refractivity contribution >= 4 is 17.4 Å². The third kappa shape index (κ3) is 5.52. The lowest BCUT2D eigenvalue weighted by Gasteiger charge is -2.08. The Bertz CT molecular complexity index is 362. The second-order valence-corrected chi connectivity index (χ2v) is 4.56. The predicted octanol–water partition coefficient (Wildman–Crippen LogP) is 1.63. The summed E-state index contributed by atoms with van der Waals surface area (Å²) in [6.07, 6.45) is 3.58. The van der Waals surface area contributed by atoms with Crippen LogP contribution in [0.3, 0.4) is 0 Å². The van der Waals surface area contributed by atoms with Gasteiger partial charge in [0.1, 0.15) is 5.82 Å². The van der Waals surface area contributed by atoms with Gasteiger partial charge in [0.25, 0.3) is 0 Å². The first-order valence-electron chi connectivity index (χ1n) is 6.32. The van der Waals surface area contributed by atoms with Crippen molar-refractivity contribution in [2.75, 3.05) is 24.1 Å². The number of rotatable bonds is 7. The van der Waals surface area contributed by atoms with E-state index in [-0.39, 0.29) is 11.8 Å². The van der Waals surface area contributed by atoms with Crippen molar-refractivity contribution in [3.05, 3.63) is 18.3 Å². The standard InChI is InChI=1S/C13H22N4O/c1-10(2)13(18)16-8-4-3-7-15-12-6-5-11(14)9-17-12/h5-6,9-10H,3-4,7-8,14H2,1-2H3,(H,15,17)(H,16,18). The lowest BCUT2D eigenvalue weighted by molar-refractivity contribution is -0.123. The minimum atomic E-state index is 0.0575. The van der Waals surface area contributed by atoms with Crippen LogP contribution in [0, 0.1) is 5.92 Å². The topological polar surface area (TPSA) is 80.0 Å². The molecule has 0 saturated heterocycles. The van der Waals surface area contributed by atoms with Gasteiger partial charge in [-0.15, -0.1) is 0 Å². The van der Waals surface area contributed by atoms with Gasteiger partial charge in [-0.05, 0) is 25.0 Å². The van der Waals surface area contributed by atoms with Crippen molar-refractivity contribution in [2.24, 2.45) is 5.92 Å². The highest BCUT2D eigenvalue weighted by molar-refractivity contribution is 5.77. The molecule has 5 heteroatoms. The highest BCUT2D eigenvalue weighted by Crippen LogP contribution is 2.05. The van der Waals surface area contributed by atoms with Gasteiger partial charge in [-0.3, -0.25) is 4.79 Å². The summed E-state index contributed by atoms with van der Waals surface area (Å²) in [7, 11) is 0. The predicted molar refractivity (Wildman–Crippen MR) is 74.2 cm³/mol. The first-order chi connectivity index (χ1) is 8.59. The first kappa shape index (κ1) is 14.3. The van der Waals surface area contributed by atoms with E-state index >= 15 is 0 Å². The molecule has 0 saturated carbocycles. The molecule has 1 heterocycles. The number of anilines is 2. The van der Waals surface area contributed by atoms with Crippen LogP contribution in [0.15, 0.2) is 18.3 Å². The van der Waals surface area contributed by atoms with E-state index in [2.05, 4.69) is 15.6 Å². The molecule has 0 unspecified atom stereocenters. The van der Waals surface area contributed by atoms with Crippen molar-refractivity contribution in [1.82, 2.24) is 10.3 Å². The van der Waals surface area contributed by atoms with Crippen LogP contribution in [0.1, 0.15) is 26.7 Å². The van der Waals surface area contributed by atoms with Crippen LogP contribution in [-0.4, -0.2) is 24.0 Å². The average molecular weight is 250 g/mol. The minimum Gasteiger partial charge on any atom is -0.397 e. The number of nitrogen functional groups attached to an aromatic ring is 1. The van der Waals surface area contributed by atoms with Crippen LogP contribution in [-0.2, 0) is 4.79 Å². The molecule has 0 fully saturated rings. The fourth-order valence-electron chi connectivity index (χ4n) is 1.39. The summed E-state index contributed by atoms with van der Waals surface area (Å²) in [5.41, 5.74) is 6.21. The van der Waals surface area contributed by atoms with Gasteiger partial charge < -0.3 is 16.4 Å². The first-order valence-corrected chi connectivity index (χ1v) is 6.32. The van der Waals surface area contributed by atoms with E-state index in [1.807, 2.05) is 26.0 Å². The molecule has 5 nitrogen and oxygen atoms in total. The Balaban J connectivity index is 2.05. The molecule has 0 atom stereocenters. The van der Waals surface area contributed by atoms with Crippen molar-refractivity contribution in [3.8, 4) is 0 Å². The van der Waals surface area contributed by atoms with Crippen LogP contribution in [0.25, 0.3) is 0 Å². The summed E-state index contributed by atoms with van der Waals surface area (Å²) in [5.74, 6) is 1.00. The fraction of sp³-hybridized carbons (Fsp3) is 0.538. The number of amides is 1. The van der Waals surface area contributed by atoms with Gasteiger partial charge in [0.05, 0.1) is 11.9 Å². The van der Waals surface area contributed by atoms with Gasteiger partial charge in [0.2, 0.25) is 5.91 Å². The van der Waals surface area contributed by atoms with Crippen molar-refractivity contribution < 1.29 is 4.79 Å². The van der Waals surface area contributed by atoms with E-state index in [4.69, 9.17) is 5.73 Å². The number of unbranched alkanes of at least 4 members (excludes halogenated alkanes) is 1. The quantitative estimate of drug-likeness (QED) is 0.642. The summed E-state index contributed by atoms with van der Waals surface area (Å²) in [6, 6.07) is 3.67. The maximum absolute atomic E-state index is 11.3. The van der Waals surface area contributed by atoms with Crippen LogP contribution in [0.4, 0.5) is 11.5 Å². The van der Waals surface area contributed by atoms with Crippen LogP contribution in [0.2, 0.25) is 0 Å². The molecule has 1 aromatic heterocycles. The number of carbonyl (C=O) groups is 1. The molecule has 0 bridgehead atoms. The second-order valence-electron chi connectivity index (χ2n) is 4.56. The van der Waals surface area contributed by atoms with Crippen molar-refractivity contribution in [1.29, 1.82) is 0 Å². The zero-order valence-corrected chi connectivity index (χ0v) is 11.1. The molecule has 18 heavy (non-hydrogen) atoms. The second kappa shape index (κ2) is 7.53. The molecule has 1 aromatic rings. The van der Waals surface area contributed by atoms with Gasteiger partial charge in [-0.1, -0.05) is 13.8 Å². The zero-order chi connectivity index (χ0) is 13.4. The number of pyridine rings is 1. The van der Waals surface area contributed by atoms with E-state index in [1.54, 1.807) is 6.20 Å². The molecule has 0 aromatic carbocycles. The van der Waals surface area contributed by atoms with Crippen molar-refractivity contribution in [3.63, 3.8) is 0 Å². The summed E-state index contributed by atoms with van der Waals surface area (Å²) < 4.78 is 0. The van der Waals surface area contributed by atoms with E-state index in [0.717, 1.165) is 31.7 Å². The van der Waals surface area contributed by atoms with Gasteiger partial charge in [-0.2, -0.15) is 0 Å². The number of nitrogens with two attached hydrogens (primary N) is 1. The largest absolute Gasteiger partial charge is 0.397 e. The van der Waals surface area contributed by atoms with E-state index in [1.165, 1.54) is 0 Å². The number of nitrogens with one attached hydrogen (secondary N) is 2. The van der Waals surface area contributed by atoms with Crippen molar-refractivity contribution in [2.45, 2.75) is 26.7 Å². The van der Waals surface area contributed by atoms with Gasteiger partial charge in [-0.25, -0.2) is 4.98 Å². The number of hydrogen-bond acceptors (Lipinski definition) is 4. The Kier molecular flexibility index (Phi) is 5.97. The highest BCUT2D eigenvalue weighted by atomic mass is 16.1. The highest BCUT2D eigenvalue weighted by Gasteiger charge is 2.04. The number of hydrogen-bond donors (Lipinski definition) is 3. The Labute approximate surface area is 108 Å². The maximum Gasteiger partial charge on any atom is 0.222 e. The normalized spacial score (nSPS) is 10.4. The molecular weight excluding hydrogens is 228 g/mol. The third-order valence-corrected chi connectivity index (χ3v) is 2.52. The third-order valence-electron chi connectivity index (χ3n) is 2.52. The van der Waals surface area contributed by atoms with Gasteiger partial charge in [0.15, 0.2) is 0 Å². The fourth-order valence-corrected chi connectivity index (χ4v) is 1.39. The van der Waals surface area contributed by atoms with Crippen LogP contribution in [0.5, 0.6) is 0 Å². The molecule has 0 radical (unpaired) electrons.